The number of ether oxygens (including phenoxy) is 3. The monoisotopic (exact) mass is 965 g/mol. The van der Waals surface area contributed by atoms with Gasteiger partial charge in [-0.1, -0.05) is 261 Å². The van der Waals surface area contributed by atoms with E-state index in [0.29, 0.717) is 19.3 Å². The number of hydrogen-bond acceptors (Lipinski definition) is 6. The predicted molar refractivity (Wildman–Crippen MR) is 298 cm³/mol. The van der Waals surface area contributed by atoms with E-state index in [-0.39, 0.29) is 31.1 Å². The number of carbonyl (C=O) groups is 3. The van der Waals surface area contributed by atoms with E-state index in [9.17, 15) is 14.4 Å². The molecule has 0 heterocycles. The van der Waals surface area contributed by atoms with Crippen molar-refractivity contribution < 1.29 is 28.6 Å². The van der Waals surface area contributed by atoms with E-state index < -0.39 is 6.10 Å². The summed E-state index contributed by atoms with van der Waals surface area (Å²) in [6, 6.07) is 0. The summed E-state index contributed by atoms with van der Waals surface area (Å²) in [5.74, 6) is -0.870. The molecule has 69 heavy (non-hydrogen) atoms. The summed E-state index contributed by atoms with van der Waals surface area (Å²) in [7, 11) is 0. The maximum absolute atomic E-state index is 12.9. The second-order valence-electron chi connectivity index (χ2n) is 19.9. The molecule has 0 spiro atoms. The number of rotatable bonds is 54. The summed E-state index contributed by atoms with van der Waals surface area (Å²) < 4.78 is 16.9. The zero-order chi connectivity index (χ0) is 50.0. The van der Waals surface area contributed by atoms with Crippen molar-refractivity contribution in [3.05, 3.63) is 60.8 Å². The lowest BCUT2D eigenvalue weighted by molar-refractivity contribution is -0.167. The Balaban J connectivity index is 4.24. The highest BCUT2D eigenvalue weighted by Crippen LogP contribution is 2.16. The van der Waals surface area contributed by atoms with E-state index in [0.717, 1.165) is 83.5 Å². The Kier molecular flexibility index (Phi) is 55.3. The number of esters is 3. The van der Waals surface area contributed by atoms with Crippen LogP contribution in [0.2, 0.25) is 0 Å². The zero-order valence-corrected chi connectivity index (χ0v) is 45.8. The van der Waals surface area contributed by atoms with Crippen molar-refractivity contribution in [2.24, 2.45) is 0 Å². The van der Waals surface area contributed by atoms with Crippen LogP contribution in [0.3, 0.4) is 0 Å². The first kappa shape index (κ1) is 66.1. The van der Waals surface area contributed by atoms with Crippen LogP contribution in [-0.2, 0) is 28.6 Å². The first-order valence-electron chi connectivity index (χ1n) is 29.8. The Hall–Kier alpha value is -2.89. The summed E-state index contributed by atoms with van der Waals surface area (Å²) in [5, 5.41) is 0. The van der Waals surface area contributed by atoms with E-state index in [1.165, 1.54) is 180 Å². The zero-order valence-electron chi connectivity index (χ0n) is 45.8. The Bertz CT molecular complexity index is 1250. The molecular weight excluding hydrogens is 853 g/mol. The molecule has 0 aliphatic carbocycles. The molecule has 0 rings (SSSR count). The lowest BCUT2D eigenvalue weighted by Crippen LogP contribution is -2.30. The van der Waals surface area contributed by atoms with Gasteiger partial charge in [0.05, 0.1) is 0 Å². The fraction of sp³-hybridized carbons (Fsp3) is 0.794. The molecule has 400 valence electrons. The van der Waals surface area contributed by atoms with Crippen molar-refractivity contribution in [1.82, 2.24) is 0 Å². The Morgan fingerprint density at radius 2 is 0.565 bits per heavy atom. The van der Waals surface area contributed by atoms with Gasteiger partial charge in [0.15, 0.2) is 6.10 Å². The average molecular weight is 966 g/mol. The third-order valence-corrected chi connectivity index (χ3v) is 13.0. The Labute approximate surface area is 428 Å². The van der Waals surface area contributed by atoms with Crippen LogP contribution in [0.15, 0.2) is 60.8 Å². The minimum atomic E-state index is -0.774. The number of carbonyl (C=O) groups excluding carboxylic acids is 3. The molecule has 0 N–H and O–H groups in total. The molecule has 0 aliphatic rings. The molecule has 0 fully saturated rings. The van der Waals surface area contributed by atoms with Gasteiger partial charge in [-0.25, -0.2) is 0 Å². The molecule has 0 bridgehead atoms. The van der Waals surface area contributed by atoms with Gasteiger partial charge in [-0.3, -0.25) is 14.4 Å². The minimum absolute atomic E-state index is 0.0734. The average Bonchev–Trinajstić information content (AvgIpc) is 3.35. The smallest absolute Gasteiger partial charge is 0.306 e. The van der Waals surface area contributed by atoms with Crippen molar-refractivity contribution in [1.29, 1.82) is 0 Å². The van der Waals surface area contributed by atoms with Crippen LogP contribution in [0.5, 0.6) is 0 Å². The van der Waals surface area contributed by atoms with Crippen molar-refractivity contribution >= 4 is 17.9 Å². The largest absolute Gasteiger partial charge is 0.462 e. The topological polar surface area (TPSA) is 78.9 Å². The summed E-state index contributed by atoms with van der Waals surface area (Å²) >= 11 is 0. The van der Waals surface area contributed by atoms with Gasteiger partial charge in [0.25, 0.3) is 0 Å². The fourth-order valence-corrected chi connectivity index (χ4v) is 8.55. The summed E-state index contributed by atoms with van der Waals surface area (Å²) in [4.78, 5) is 38.1. The van der Waals surface area contributed by atoms with Crippen LogP contribution in [0, 0.1) is 0 Å². The van der Waals surface area contributed by atoms with Crippen LogP contribution in [0.25, 0.3) is 0 Å². The van der Waals surface area contributed by atoms with E-state index in [2.05, 4.69) is 81.5 Å². The van der Waals surface area contributed by atoms with E-state index in [1.807, 2.05) is 0 Å². The SMILES string of the molecule is CC/C=C\C/C=C\C/C=C\C/C=C\CCCCCCCCCCCCC(=O)OCC(COC(=O)CCCCCCCCCCC)OC(=O)CCCCCCCCCCC/C=C\CCCCCCCC. The molecule has 0 saturated carbocycles. The molecule has 0 aromatic heterocycles. The van der Waals surface area contributed by atoms with E-state index in [1.54, 1.807) is 0 Å². The van der Waals surface area contributed by atoms with Gasteiger partial charge >= 0.3 is 17.9 Å². The molecular formula is C63H112O6. The Morgan fingerprint density at radius 3 is 0.899 bits per heavy atom. The van der Waals surface area contributed by atoms with Crippen molar-refractivity contribution in [2.45, 2.75) is 309 Å². The van der Waals surface area contributed by atoms with Gasteiger partial charge in [-0.05, 0) is 83.5 Å². The second-order valence-corrected chi connectivity index (χ2v) is 19.9. The van der Waals surface area contributed by atoms with Crippen molar-refractivity contribution in [3.63, 3.8) is 0 Å². The van der Waals surface area contributed by atoms with Gasteiger partial charge in [0.1, 0.15) is 13.2 Å². The lowest BCUT2D eigenvalue weighted by Gasteiger charge is -2.18. The predicted octanol–water partition coefficient (Wildman–Crippen LogP) is 20.0. The Morgan fingerprint density at radius 1 is 0.304 bits per heavy atom. The highest BCUT2D eigenvalue weighted by molar-refractivity contribution is 5.71. The minimum Gasteiger partial charge on any atom is -0.462 e. The quantitative estimate of drug-likeness (QED) is 0.0262. The second kappa shape index (κ2) is 57.7. The third kappa shape index (κ3) is 55.9. The van der Waals surface area contributed by atoms with Crippen LogP contribution >= 0.6 is 0 Å². The fourth-order valence-electron chi connectivity index (χ4n) is 8.55. The van der Waals surface area contributed by atoms with Gasteiger partial charge in [0.2, 0.25) is 0 Å². The molecule has 6 nitrogen and oxygen atoms in total. The molecule has 1 atom stereocenters. The first-order valence-corrected chi connectivity index (χ1v) is 29.8. The summed E-state index contributed by atoms with van der Waals surface area (Å²) in [6.45, 7) is 6.53. The summed E-state index contributed by atoms with van der Waals surface area (Å²) in [6.07, 6.45) is 72.2. The van der Waals surface area contributed by atoms with Gasteiger partial charge in [-0.15, -0.1) is 0 Å². The molecule has 0 saturated heterocycles. The van der Waals surface area contributed by atoms with Crippen LogP contribution in [0.1, 0.15) is 303 Å². The molecule has 0 aromatic carbocycles. The van der Waals surface area contributed by atoms with Gasteiger partial charge in [0, 0.05) is 19.3 Å². The van der Waals surface area contributed by atoms with Crippen LogP contribution in [-0.4, -0.2) is 37.2 Å². The lowest BCUT2D eigenvalue weighted by atomic mass is 10.0. The number of allylic oxidation sites excluding steroid dienone is 10. The first-order chi connectivity index (χ1) is 34.0. The third-order valence-electron chi connectivity index (χ3n) is 13.0. The molecule has 0 aliphatic heterocycles. The molecule has 0 aromatic rings. The van der Waals surface area contributed by atoms with Crippen molar-refractivity contribution in [3.8, 4) is 0 Å². The normalized spacial score (nSPS) is 12.4. The van der Waals surface area contributed by atoms with Crippen molar-refractivity contribution in [2.75, 3.05) is 13.2 Å². The van der Waals surface area contributed by atoms with Crippen LogP contribution in [0.4, 0.5) is 0 Å². The maximum Gasteiger partial charge on any atom is 0.306 e. The standard InChI is InChI=1S/C63H112O6/c1-4-7-10-13-16-19-21-23-25-27-29-30-31-32-34-35-37-39-41-44-47-50-53-56-62(65)68-59-60(58-67-61(64)55-52-49-46-43-18-15-12-9-6-3)69-63(66)57-54-51-48-45-42-40-38-36-33-28-26-24-22-20-17-14-11-8-5-2/h7,10,16,19,23-26,29-30,60H,4-6,8-9,11-15,17-18,20-22,27-28,31-59H2,1-3H3/b10-7-,19-16-,25-23-,26-24-,30-29-. The highest BCUT2D eigenvalue weighted by atomic mass is 16.6. The molecule has 1 unspecified atom stereocenters. The van der Waals surface area contributed by atoms with E-state index >= 15 is 0 Å². The van der Waals surface area contributed by atoms with Crippen LogP contribution < -0.4 is 0 Å². The molecule has 0 radical (unpaired) electrons. The molecule has 6 heteroatoms. The number of hydrogen-bond donors (Lipinski definition) is 0. The summed E-state index contributed by atoms with van der Waals surface area (Å²) in [5.41, 5.74) is 0. The van der Waals surface area contributed by atoms with Gasteiger partial charge in [-0.2, -0.15) is 0 Å². The molecule has 0 amide bonds. The highest BCUT2D eigenvalue weighted by Gasteiger charge is 2.19. The van der Waals surface area contributed by atoms with Gasteiger partial charge < -0.3 is 14.2 Å². The maximum atomic E-state index is 12.9. The number of unbranched alkanes of at least 4 members (excludes halogenated alkanes) is 33. The van der Waals surface area contributed by atoms with E-state index in [4.69, 9.17) is 14.2 Å².